The van der Waals surface area contributed by atoms with Gasteiger partial charge in [0, 0.05) is 31.0 Å². The highest BCUT2D eigenvalue weighted by atomic mass is 16.5. The van der Waals surface area contributed by atoms with Gasteiger partial charge in [0.05, 0.1) is 18.7 Å². The van der Waals surface area contributed by atoms with Gasteiger partial charge in [0.25, 0.3) is 0 Å². The Morgan fingerprint density at radius 2 is 2.05 bits per heavy atom. The molecule has 4 nitrogen and oxygen atoms in total. The van der Waals surface area contributed by atoms with E-state index in [0.717, 1.165) is 23.4 Å². The highest BCUT2D eigenvalue weighted by Crippen LogP contribution is 2.19. The van der Waals surface area contributed by atoms with Gasteiger partial charge in [-0.3, -0.25) is 4.98 Å². The SMILES string of the molecule is COc1ccc(C#N)cc1CNCc1ccncc1C. The summed E-state index contributed by atoms with van der Waals surface area (Å²) >= 11 is 0. The largest absolute Gasteiger partial charge is 0.496 e. The van der Waals surface area contributed by atoms with E-state index < -0.39 is 0 Å². The molecule has 0 bridgehead atoms. The van der Waals surface area contributed by atoms with E-state index in [1.54, 1.807) is 19.4 Å². The van der Waals surface area contributed by atoms with Crippen LogP contribution in [0, 0.1) is 18.3 Å². The van der Waals surface area contributed by atoms with Crippen LogP contribution in [0.2, 0.25) is 0 Å². The first-order valence-electron chi connectivity index (χ1n) is 6.42. The van der Waals surface area contributed by atoms with E-state index in [1.807, 2.05) is 31.3 Å². The van der Waals surface area contributed by atoms with Crippen LogP contribution >= 0.6 is 0 Å². The first-order valence-corrected chi connectivity index (χ1v) is 6.42. The molecule has 1 heterocycles. The van der Waals surface area contributed by atoms with Gasteiger partial charge in [0.15, 0.2) is 0 Å². The molecule has 0 fully saturated rings. The Hall–Kier alpha value is -2.38. The molecule has 2 aromatic rings. The van der Waals surface area contributed by atoms with E-state index in [4.69, 9.17) is 10.00 Å². The second kappa shape index (κ2) is 6.69. The van der Waals surface area contributed by atoms with Crippen LogP contribution in [0.15, 0.2) is 36.7 Å². The van der Waals surface area contributed by atoms with E-state index in [1.165, 1.54) is 5.56 Å². The molecule has 1 aromatic heterocycles. The van der Waals surface area contributed by atoms with Gasteiger partial charge in [-0.15, -0.1) is 0 Å². The molecule has 20 heavy (non-hydrogen) atoms. The monoisotopic (exact) mass is 267 g/mol. The van der Waals surface area contributed by atoms with Crippen LogP contribution in [0.3, 0.4) is 0 Å². The number of hydrogen-bond donors (Lipinski definition) is 1. The van der Waals surface area contributed by atoms with Gasteiger partial charge in [0.1, 0.15) is 5.75 Å². The van der Waals surface area contributed by atoms with Crippen molar-refractivity contribution in [1.29, 1.82) is 5.26 Å². The van der Waals surface area contributed by atoms with Gasteiger partial charge in [0.2, 0.25) is 0 Å². The van der Waals surface area contributed by atoms with E-state index in [2.05, 4.69) is 16.4 Å². The van der Waals surface area contributed by atoms with E-state index >= 15 is 0 Å². The highest BCUT2D eigenvalue weighted by Gasteiger charge is 2.05. The summed E-state index contributed by atoms with van der Waals surface area (Å²) in [6.45, 7) is 3.45. The average molecular weight is 267 g/mol. The fourth-order valence-corrected chi connectivity index (χ4v) is 2.02. The lowest BCUT2D eigenvalue weighted by atomic mass is 10.1. The molecule has 0 unspecified atom stereocenters. The zero-order chi connectivity index (χ0) is 14.4. The van der Waals surface area contributed by atoms with Crippen molar-refractivity contribution in [2.24, 2.45) is 0 Å². The van der Waals surface area contributed by atoms with Crippen molar-refractivity contribution in [2.75, 3.05) is 7.11 Å². The fourth-order valence-electron chi connectivity index (χ4n) is 2.02. The number of nitrogens with zero attached hydrogens (tertiary/aromatic N) is 2. The number of ether oxygens (including phenoxy) is 1. The van der Waals surface area contributed by atoms with Crippen LogP contribution in [0.4, 0.5) is 0 Å². The lowest BCUT2D eigenvalue weighted by molar-refractivity contribution is 0.407. The highest BCUT2D eigenvalue weighted by molar-refractivity contribution is 5.42. The molecule has 0 aliphatic carbocycles. The number of methoxy groups -OCH3 is 1. The molecule has 0 aliphatic heterocycles. The molecule has 1 aromatic carbocycles. The first kappa shape index (κ1) is 14.0. The van der Waals surface area contributed by atoms with Crippen LogP contribution in [-0.4, -0.2) is 12.1 Å². The first-order chi connectivity index (χ1) is 9.74. The third kappa shape index (κ3) is 3.34. The molecule has 2 rings (SSSR count). The van der Waals surface area contributed by atoms with Gasteiger partial charge >= 0.3 is 0 Å². The minimum absolute atomic E-state index is 0.641. The quantitative estimate of drug-likeness (QED) is 0.904. The van der Waals surface area contributed by atoms with E-state index in [9.17, 15) is 0 Å². The van der Waals surface area contributed by atoms with Gasteiger partial charge < -0.3 is 10.1 Å². The maximum absolute atomic E-state index is 8.95. The van der Waals surface area contributed by atoms with Gasteiger partial charge in [-0.05, 0) is 42.3 Å². The summed E-state index contributed by atoms with van der Waals surface area (Å²) in [6.07, 6.45) is 3.65. The normalized spacial score (nSPS) is 10.1. The molecule has 0 atom stereocenters. The molecule has 0 saturated carbocycles. The molecular weight excluding hydrogens is 250 g/mol. The standard InChI is InChI=1S/C16H17N3O/c1-12-9-18-6-5-14(12)10-19-11-15-7-13(8-17)3-4-16(15)20-2/h3-7,9,19H,10-11H2,1-2H3. The molecular formula is C16H17N3O. The molecule has 0 saturated heterocycles. The van der Waals surface area contributed by atoms with Crippen molar-refractivity contribution in [3.63, 3.8) is 0 Å². The summed E-state index contributed by atoms with van der Waals surface area (Å²) in [4.78, 5) is 4.08. The number of nitriles is 1. The van der Waals surface area contributed by atoms with Crippen LogP contribution in [0.5, 0.6) is 5.75 Å². The summed E-state index contributed by atoms with van der Waals surface area (Å²) in [5, 5.41) is 12.3. The zero-order valence-corrected chi connectivity index (χ0v) is 11.7. The summed E-state index contributed by atoms with van der Waals surface area (Å²) < 4.78 is 5.31. The van der Waals surface area contributed by atoms with Crippen LogP contribution < -0.4 is 10.1 Å². The predicted molar refractivity (Wildman–Crippen MR) is 77.2 cm³/mol. The summed E-state index contributed by atoms with van der Waals surface area (Å²) in [5.74, 6) is 0.794. The Morgan fingerprint density at radius 1 is 1.25 bits per heavy atom. The molecule has 102 valence electrons. The Morgan fingerprint density at radius 3 is 2.75 bits per heavy atom. The number of pyridine rings is 1. The van der Waals surface area contributed by atoms with Crippen LogP contribution in [-0.2, 0) is 13.1 Å². The number of rotatable bonds is 5. The average Bonchev–Trinajstić information content (AvgIpc) is 2.49. The molecule has 0 radical (unpaired) electrons. The summed E-state index contributed by atoms with van der Waals surface area (Å²) in [6, 6.07) is 9.59. The number of aromatic nitrogens is 1. The third-order valence-electron chi connectivity index (χ3n) is 3.18. The summed E-state index contributed by atoms with van der Waals surface area (Å²) in [7, 11) is 1.64. The minimum atomic E-state index is 0.641. The second-order valence-corrected chi connectivity index (χ2v) is 4.54. The number of hydrogen-bond acceptors (Lipinski definition) is 4. The molecule has 0 aliphatic rings. The number of benzene rings is 1. The van der Waals surface area contributed by atoms with Gasteiger partial charge in [-0.1, -0.05) is 0 Å². The minimum Gasteiger partial charge on any atom is -0.496 e. The van der Waals surface area contributed by atoms with E-state index in [-0.39, 0.29) is 0 Å². The summed E-state index contributed by atoms with van der Waals surface area (Å²) in [5.41, 5.74) is 4.01. The van der Waals surface area contributed by atoms with Crippen molar-refractivity contribution >= 4 is 0 Å². The Bertz CT molecular complexity index is 632. The molecule has 4 heteroatoms. The van der Waals surface area contributed by atoms with Crippen molar-refractivity contribution < 1.29 is 4.74 Å². The van der Waals surface area contributed by atoms with Crippen LogP contribution in [0.1, 0.15) is 22.3 Å². The molecule has 0 amide bonds. The van der Waals surface area contributed by atoms with Gasteiger partial charge in [-0.25, -0.2) is 0 Å². The smallest absolute Gasteiger partial charge is 0.123 e. The molecule has 1 N–H and O–H groups in total. The fraction of sp³-hybridized carbons (Fsp3) is 0.250. The third-order valence-corrected chi connectivity index (χ3v) is 3.18. The van der Waals surface area contributed by atoms with E-state index in [0.29, 0.717) is 12.1 Å². The van der Waals surface area contributed by atoms with Crippen molar-refractivity contribution in [2.45, 2.75) is 20.0 Å². The van der Waals surface area contributed by atoms with Gasteiger partial charge in [-0.2, -0.15) is 5.26 Å². The molecule has 0 spiro atoms. The second-order valence-electron chi connectivity index (χ2n) is 4.54. The lowest BCUT2D eigenvalue weighted by Gasteiger charge is -2.11. The van der Waals surface area contributed by atoms with Crippen molar-refractivity contribution in [1.82, 2.24) is 10.3 Å². The number of nitrogens with one attached hydrogen (secondary N) is 1. The Labute approximate surface area is 119 Å². The topological polar surface area (TPSA) is 57.9 Å². The Kier molecular flexibility index (Phi) is 4.70. The lowest BCUT2D eigenvalue weighted by Crippen LogP contribution is -2.14. The van der Waals surface area contributed by atoms with Crippen LogP contribution in [0.25, 0.3) is 0 Å². The maximum atomic E-state index is 8.95. The maximum Gasteiger partial charge on any atom is 0.123 e. The number of aryl methyl sites for hydroxylation is 1. The Balaban J connectivity index is 2.04. The van der Waals surface area contributed by atoms with Crippen molar-refractivity contribution in [3.8, 4) is 11.8 Å². The zero-order valence-electron chi connectivity index (χ0n) is 11.7. The van der Waals surface area contributed by atoms with Crippen molar-refractivity contribution in [3.05, 3.63) is 58.9 Å². The predicted octanol–water partition coefficient (Wildman–Crippen LogP) is 2.56.